The van der Waals surface area contributed by atoms with Gasteiger partial charge in [0.2, 0.25) is 0 Å². The van der Waals surface area contributed by atoms with Gasteiger partial charge in [-0.2, -0.15) is 0 Å². The molecule has 0 bridgehead atoms. The maximum atomic E-state index is 13.7. The van der Waals surface area contributed by atoms with Crippen LogP contribution in [-0.4, -0.2) is 59.1 Å². The van der Waals surface area contributed by atoms with Gasteiger partial charge in [-0.1, -0.05) is 107 Å². The summed E-state index contributed by atoms with van der Waals surface area (Å²) < 4.78 is 16.9. The zero-order chi connectivity index (χ0) is 39.6. The molecule has 0 heterocycles. The van der Waals surface area contributed by atoms with Crippen LogP contribution in [0.2, 0.25) is 0 Å². The topological polar surface area (TPSA) is 123 Å². The largest absolute Gasteiger partial charge is 0.507 e. The zero-order valence-electron chi connectivity index (χ0n) is 34.3. The third-order valence-corrected chi connectivity index (χ3v) is 9.51. The molecule has 0 aromatic heterocycles. The lowest BCUT2D eigenvalue weighted by atomic mass is 9.77. The monoisotopic (exact) mass is 711 g/mol. The first-order valence-corrected chi connectivity index (χ1v) is 18.0. The van der Waals surface area contributed by atoms with Crippen LogP contribution in [0.5, 0.6) is 11.5 Å². The standard InChI is InChI=1S/C42H65NO8/c1-24(28-20-30(39(5,6)7)35(45)31(21-28)40(8,9)10)37(47)50-26(3)43(19-18-34(44)49-17)27(4)51-38(48)25(2)29-22-32(41(11,12)13)36(46)33(23-29)42(14,15)16/h20-27,45-46H,18-19H2,1-17H3. The smallest absolute Gasteiger partial charge is 0.314 e. The van der Waals surface area contributed by atoms with Crippen LogP contribution < -0.4 is 0 Å². The molecule has 0 aliphatic heterocycles. The summed E-state index contributed by atoms with van der Waals surface area (Å²) >= 11 is 0. The second kappa shape index (κ2) is 16.0. The number of aromatic hydroxyl groups is 2. The van der Waals surface area contributed by atoms with Crippen molar-refractivity contribution in [3.05, 3.63) is 57.6 Å². The van der Waals surface area contributed by atoms with Crippen LogP contribution in [0, 0.1) is 0 Å². The number of benzene rings is 2. The lowest BCUT2D eigenvalue weighted by molar-refractivity contribution is -0.182. The molecule has 0 spiro atoms. The number of nitrogens with zero attached hydrogens (tertiary/aromatic N) is 1. The zero-order valence-corrected chi connectivity index (χ0v) is 34.3. The van der Waals surface area contributed by atoms with E-state index in [4.69, 9.17) is 14.2 Å². The van der Waals surface area contributed by atoms with Crippen LogP contribution in [0.1, 0.15) is 162 Å². The molecule has 0 fully saturated rings. The van der Waals surface area contributed by atoms with Gasteiger partial charge in [-0.3, -0.25) is 14.4 Å². The summed E-state index contributed by atoms with van der Waals surface area (Å²) in [5, 5.41) is 22.4. The maximum Gasteiger partial charge on any atom is 0.314 e. The second-order valence-electron chi connectivity index (χ2n) is 18.0. The van der Waals surface area contributed by atoms with Gasteiger partial charge in [-0.15, -0.1) is 0 Å². The minimum absolute atomic E-state index is 0.0188. The van der Waals surface area contributed by atoms with Crippen LogP contribution in [0.25, 0.3) is 0 Å². The Hall–Kier alpha value is -3.59. The number of methoxy groups -OCH3 is 1. The van der Waals surface area contributed by atoms with Gasteiger partial charge in [0.25, 0.3) is 0 Å². The quantitative estimate of drug-likeness (QED) is 0.134. The van der Waals surface area contributed by atoms with Gasteiger partial charge >= 0.3 is 17.9 Å². The van der Waals surface area contributed by atoms with Crippen LogP contribution in [0.15, 0.2) is 24.3 Å². The number of carbonyl (C=O) groups excluding carboxylic acids is 3. The van der Waals surface area contributed by atoms with Crippen molar-refractivity contribution in [1.82, 2.24) is 4.90 Å². The van der Waals surface area contributed by atoms with Crippen molar-refractivity contribution in [1.29, 1.82) is 0 Å². The Balaban J connectivity index is 2.43. The van der Waals surface area contributed by atoms with Crippen molar-refractivity contribution in [3.8, 4) is 11.5 Å². The van der Waals surface area contributed by atoms with Crippen molar-refractivity contribution in [3.63, 3.8) is 0 Å². The summed E-state index contributed by atoms with van der Waals surface area (Å²) in [6.07, 6.45) is -1.77. The van der Waals surface area contributed by atoms with E-state index in [1.807, 2.05) is 107 Å². The van der Waals surface area contributed by atoms with Gasteiger partial charge < -0.3 is 24.4 Å². The fourth-order valence-electron chi connectivity index (χ4n) is 6.03. The fourth-order valence-corrected chi connectivity index (χ4v) is 6.03. The van der Waals surface area contributed by atoms with E-state index in [0.29, 0.717) is 11.1 Å². The predicted octanol–water partition coefficient (Wildman–Crippen LogP) is 8.84. The minimum atomic E-state index is -0.877. The van der Waals surface area contributed by atoms with Crippen molar-refractivity contribution in [2.45, 2.75) is 163 Å². The number of ether oxygens (including phenoxy) is 3. The summed E-state index contributed by atoms with van der Waals surface area (Å²) in [6.45, 7) is 31.2. The lowest BCUT2D eigenvalue weighted by Gasteiger charge is -2.34. The van der Waals surface area contributed by atoms with Crippen molar-refractivity contribution in [2.24, 2.45) is 0 Å². The molecule has 2 rings (SSSR count). The van der Waals surface area contributed by atoms with E-state index in [2.05, 4.69) is 0 Å². The SMILES string of the molecule is COC(=O)CCN(C(C)OC(=O)C(C)c1cc(C(C)(C)C)c(O)c(C(C)(C)C)c1)C(C)OC(=O)C(C)c1cc(C(C)(C)C)c(O)c(C(C)(C)C)c1. The van der Waals surface area contributed by atoms with Crippen LogP contribution in [0.4, 0.5) is 0 Å². The molecule has 2 aromatic carbocycles. The highest BCUT2D eigenvalue weighted by atomic mass is 16.6. The molecule has 0 aliphatic carbocycles. The predicted molar refractivity (Wildman–Crippen MR) is 202 cm³/mol. The average molecular weight is 712 g/mol. The first-order valence-electron chi connectivity index (χ1n) is 18.0. The highest BCUT2D eigenvalue weighted by Crippen LogP contribution is 2.43. The first-order chi connectivity index (χ1) is 23.0. The Kier molecular flexibility index (Phi) is 13.6. The van der Waals surface area contributed by atoms with E-state index in [1.54, 1.807) is 32.6 Å². The molecule has 286 valence electrons. The highest BCUT2D eigenvalue weighted by molar-refractivity contribution is 5.79. The van der Waals surface area contributed by atoms with Crippen LogP contribution in [0.3, 0.4) is 0 Å². The normalized spacial score (nSPS) is 15.2. The maximum absolute atomic E-state index is 13.7. The van der Waals surface area contributed by atoms with E-state index in [0.717, 1.165) is 22.3 Å². The molecule has 0 aliphatic rings. The minimum Gasteiger partial charge on any atom is -0.507 e. The Morgan fingerprint density at radius 1 is 0.588 bits per heavy atom. The third kappa shape index (κ3) is 11.0. The third-order valence-electron chi connectivity index (χ3n) is 9.51. The molecule has 4 atom stereocenters. The average Bonchev–Trinajstić information content (AvgIpc) is 2.97. The molecule has 9 nitrogen and oxygen atoms in total. The Bertz CT molecular complexity index is 1390. The van der Waals surface area contributed by atoms with Gasteiger partial charge in [0.05, 0.1) is 25.4 Å². The number of rotatable bonds is 11. The molecule has 2 aromatic rings. The summed E-state index contributed by atoms with van der Waals surface area (Å²) in [5.74, 6) is -2.38. The van der Waals surface area contributed by atoms with E-state index in [1.165, 1.54) is 7.11 Å². The molecule has 9 heteroatoms. The fraction of sp³-hybridized carbons (Fsp3) is 0.643. The lowest BCUT2D eigenvalue weighted by Crippen LogP contribution is -2.46. The second-order valence-corrected chi connectivity index (χ2v) is 18.0. The first kappa shape index (κ1) is 43.6. The number of phenolic OH excluding ortho intramolecular Hbond substituents is 2. The van der Waals surface area contributed by atoms with Gasteiger partial charge in [-0.05, 0) is 82.7 Å². The van der Waals surface area contributed by atoms with Gasteiger partial charge in [-0.25, -0.2) is 4.90 Å². The number of esters is 3. The van der Waals surface area contributed by atoms with Crippen molar-refractivity contribution in [2.75, 3.05) is 13.7 Å². The summed E-state index contributed by atoms with van der Waals surface area (Å²) in [7, 11) is 1.30. The molecule has 4 unspecified atom stereocenters. The Morgan fingerprint density at radius 2 is 0.863 bits per heavy atom. The van der Waals surface area contributed by atoms with Gasteiger partial charge in [0, 0.05) is 6.54 Å². The summed E-state index contributed by atoms with van der Waals surface area (Å²) in [4.78, 5) is 41.3. The van der Waals surface area contributed by atoms with E-state index >= 15 is 0 Å². The number of hydrogen-bond acceptors (Lipinski definition) is 9. The molecule has 0 radical (unpaired) electrons. The Morgan fingerprint density at radius 3 is 1.10 bits per heavy atom. The van der Waals surface area contributed by atoms with Crippen molar-refractivity contribution < 1.29 is 38.8 Å². The molecular weight excluding hydrogens is 646 g/mol. The molecular formula is C42H65NO8. The summed E-state index contributed by atoms with van der Waals surface area (Å²) in [5.41, 5.74) is 2.90. The van der Waals surface area contributed by atoms with Crippen LogP contribution in [-0.2, 0) is 50.3 Å². The summed E-state index contributed by atoms with van der Waals surface area (Å²) in [6, 6.07) is 7.45. The molecule has 2 N–H and O–H groups in total. The Labute approximate surface area is 307 Å². The number of hydrogen-bond donors (Lipinski definition) is 2. The van der Waals surface area contributed by atoms with E-state index in [-0.39, 0.29) is 46.1 Å². The van der Waals surface area contributed by atoms with Crippen molar-refractivity contribution >= 4 is 17.9 Å². The number of carbonyl (C=O) groups is 3. The molecule has 0 amide bonds. The number of phenols is 2. The highest BCUT2D eigenvalue weighted by Gasteiger charge is 2.34. The van der Waals surface area contributed by atoms with Gasteiger partial charge in [0.1, 0.15) is 11.5 Å². The van der Waals surface area contributed by atoms with Gasteiger partial charge in [0.15, 0.2) is 12.5 Å². The molecule has 51 heavy (non-hydrogen) atoms. The molecule has 0 saturated carbocycles. The van der Waals surface area contributed by atoms with E-state index in [9.17, 15) is 24.6 Å². The van der Waals surface area contributed by atoms with E-state index < -0.39 is 42.2 Å². The van der Waals surface area contributed by atoms with Crippen LogP contribution >= 0.6 is 0 Å². The molecule has 0 saturated heterocycles.